The number of carbonyl (C=O) groups is 1. The van der Waals surface area contributed by atoms with Gasteiger partial charge in [0.1, 0.15) is 6.04 Å². The lowest BCUT2D eigenvalue weighted by atomic mass is 9.85. The first-order valence-electron chi connectivity index (χ1n) is 11.6. The van der Waals surface area contributed by atoms with Crippen LogP contribution in [-0.2, 0) is 4.79 Å². The first-order valence-corrected chi connectivity index (χ1v) is 11.6. The van der Waals surface area contributed by atoms with Crippen LogP contribution >= 0.6 is 0 Å². The van der Waals surface area contributed by atoms with E-state index in [-0.39, 0.29) is 11.8 Å². The number of carbonyl (C=O) groups excluding carboxylic acids is 1. The van der Waals surface area contributed by atoms with Gasteiger partial charge in [0.05, 0.1) is 13.7 Å². The van der Waals surface area contributed by atoms with Crippen molar-refractivity contribution in [1.82, 2.24) is 14.8 Å². The second-order valence-electron chi connectivity index (χ2n) is 8.68. The van der Waals surface area contributed by atoms with Crippen molar-refractivity contribution in [1.29, 1.82) is 0 Å². The van der Waals surface area contributed by atoms with Crippen molar-refractivity contribution in [3.8, 4) is 22.9 Å². The molecule has 0 spiro atoms. The van der Waals surface area contributed by atoms with Crippen LogP contribution in [0.2, 0.25) is 0 Å². The zero-order valence-corrected chi connectivity index (χ0v) is 20.0. The number of ether oxygens (including phenoxy) is 2. The molecule has 0 radical (unpaired) electrons. The molecule has 1 aliphatic carbocycles. The highest BCUT2D eigenvalue weighted by Gasteiger charge is 2.37. The summed E-state index contributed by atoms with van der Waals surface area (Å²) in [4.78, 5) is 20.0. The van der Waals surface area contributed by atoms with Gasteiger partial charge in [-0.1, -0.05) is 6.07 Å². The maximum absolute atomic E-state index is 13.1. The van der Waals surface area contributed by atoms with Crippen LogP contribution in [0.4, 0.5) is 11.6 Å². The molecule has 1 aromatic heterocycles. The molecule has 2 aliphatic rings. The average molecular weight is 460 g/mol. The summed E-state index contributed by atoms with van der Waals surface area (Å²) in [7, 11) is 5.64. The lowest BCUT2D eigenvalue weighted by molar-refractivity contribution is -0.116. The zero-order chi connectivity index (χ0) is 23.8. The topological polar surface area (TPSA) is 81.5 Å². The molecule has 5 rings (SSSR count). The van der Waals surface area contributed by atoms with Crippen molar-refractivity contribution in [2.45, 2.75) is 32.2 Å². The van der Waals surface area contributed by atoms with Gasteiger partial charge < -0.3 is 19.7 Å². The van der Waals surface area contributed by atoms with E-state index >= 15 is 0 Å². The van der Waals surface area contributed by atoms with Crippen LogP contribution in [-0.4, -0.2) is 48.4 Å². The van der Waals surface area contributed by atoms with E-state index in [9.17, 15) is 4.79 Å². The summed E-state index contributed by atoms with van der Waals surface area (Å²) in [6.07, 6.45) is 2.18. The van der Waals surface area contributed by atoms with Crippen molar-refractivity contribution < 1.29 is 14.3 Å². The van der Waals surface area contributed by atoms with Gasteiger partial charge in [0.25, 0.3) is 0 Å². The second-order valence-corrected chi connectivity index (χ2v) is 8.68. The third-order valence-corrected chi connectivity index (χ3v) is 6.31. The third-order valence-electron chi connectivity index (χ3n) is 6.31. The Morgan fingerprint density at radius 1 is 1.12 bits per heavy atom. The Morgan fingerprint density at radius 3 is 2.62 bits per heavy atom. The number of anilines is 2. The van der Waals surface area contributed by atoms with Crippen LogP contribution in [0, 0.1) is 0 Å². The summed E-state index contributed by atoms with van der Waals surface area (Å²) < 4.78 is 13.1. The van der Waals surface area contributed by atoms with Crippen LogP contribution in [0.1, 0.15) is 37.8 Å². The summed E-state index contributed by atoms with van der Waals surface area (Å²) in [5, 5.41) is 8.26. The Labute approximate surface area is 199 Å². The van der Waals surface area contributed by atoms with Crippen molar-refractivity contribution in [2.75, 3.05) is 38.0 Å². The standard InChI is InChI=1S/C26H29N5O3/c1-5-34-21-14-11-17(15-22(21)33-4)24-23-19(7-6-8-20(23)32)27-26-28-25(29-31(24)26)16-9-12-18(13-10-16)30(2)3/h9-15,24H,5-8H2,1-4H3,(H,27,28,29). The molecule has 8 nitrogen and oxygen atoms in total. The fourth-order valence-electron chi connectivity index (χ4n) is 4.62. The quantitative estimate of drug-likeness (QED) is 0.584. The number of ketones is 1. The molecule has 1 atom stereocenters. The number of nitrogens with one attached hydrogen (secondary N) is 1. The predicted octanol–water partition coefficient (Wildman–Crippen LogP) is 4.44. The third kappa shape index (κ3) is 3.79. The Morgan fingerprint density at radius 2 is 1.91 bits per heavy atom. The first-order chi connectivity index (χ1) is 16.5. The van der Waals surface area contributed by atoms with E-state index in [0.29, 0.717) is 36.3 Å². The van der Waals surface area contributed by atoms with E-state index in [1.807, 2.05) is 68.2 Å². The number of hydrogen-bond donors (Lipinski definition) is 1. The van der Waals surface area contributed by atoms with Gasteiger partial charge in [-0.15, -0.1) is 5.10 Å². The van der Waals surface area contributed by atoms with Gasteiger partial charge in [-0.2, -0.15) is 4.98 Å². The SMILES string of the molecule is CCOc1ccc(C2C3=C(CCCC3=O)Nc3nc(-c4ccc(N(C)C)cc4)nn32)cc1OC. The highest BCUT2D eigenvalue weighted by Crippen LogP contribution is 2.42. The van der Waals surface area contributed by atoms with E-state index in [1.54, 1.807) is 7.11 Å². The van der Waals surface area contributed by atoms with Gasteiger partial charge in [-0.05, 0) is 61.7 Å². The number of aromatic nitrogens is 3. The van der Waals surface area contributed by atoms with Gasteiger partial charge in [0, 0.05) is 43.0 Å². The molecule has 0 amide bonds. The number of fused-ring (bicyclic) bond motifs is 1. The van der Waals surface area contributed by atoms with Gasteiger partial charge in [-0.25, -0.2) is 4.68 Å². The normalized spacial score (nSPS) is 17.1. The summed E-state index contributed by atoms with van der Waals surface area (Å²) in [5.74, 6) is 2.70. The minimum Gasteiger partial charge on any atom is -0.493 e. The molecule has 0 bridgehead atoms. The molecular formula is C26H29N5O3. The number of methoxy groups -OCH3 is 1. The highest BCUT2D eigenvalue weighted by atomic mass is 16.5. The van der Waals surface area contributed by atoms with E-state index in [1.165, 1.54) is 0 Å². The summed E-state index contributed by atoms with van der Waals surface area (Å²) in [6.45, 7) is 2.48. The molecule has 2 aromatic carbocycles. The molecule has 1 unspecified atom stereocenters. The van der Waals surface area contributed by atoms with Crippen molar-refractivity contribution in [3.63, 3.8) is 0 Å². The van der Waals surface area contributed by atoms with Crippen molar-refractivity contribution in [3.05, 3.63) is 59.3 Å². The first kappa shape index (κ1) is 22.0. The van der Waals surface area contributed by atoms with Crippen molar-refractivity contribution in [2.24, 2.45) is 0 Å². The van der Waals surface area contributed by atoms with E-state index in [4.69, 9.17) is 19.6 Å². The van der Waals surface area contributed by atoms with Gasteiger partial charge in [0.15, 0.2) is 23.1 Å². The van der Waals surface area contributed by atoms with Crippen molar-refractivity contribution >= 4 is 17.4 Å². The average Bonchev–Trinajstić information content (AvgIpc) is 3.27. The maximum Gasteiger partial charge on any atom is 0.226 e. The smallest absolute Gasteiger partial charge is 0.226 e. The van der Waals surface area contributed by atoms with E-state index in [2.05, 4.69) is 10.2 Å². The lowest BCUT2D eigenvalue weighted by Crippen LogP contribution is -2.31. The van der Waals surface area contributed by atoms with Gasteiger partial charge in [0.2, 0.25) is 5.95 Å². The zero-order valence-electron chi connectivity index (χ0n) is 20.0. The van der Waals surface area contributed by atoms with Crippen LogP contribution in [0.3, 0.4) is 0 Å². The minimum atomic E-state index is -0.383. The Hall–Kier alpha value is -3.81. The molecule has 1 N–H and O–H groups in total. The fraction of sp³-hybridized carbons (Fsp3) is 0.346. The molecule has 3 aromatic rings. The molecule has 1 aliphatic heterocycles. The fourth-order valence-corrected chi connectivity index (χ4v) is 4.62. The Balaban J connectivity index is 1.62. The summed E-state index contributed by atoms with van der Waals surface area (Å²) in [5.41, 5.74) is 4.62. The van der Waals surface area contributed by atoms with Gasteiger partial charge >= 0.3 is 0 Å². The Kier molecular flexibility index (Phi) is 5.73. The lowest BCUT2D eigenvalue weighted by Gasteiger charge is -2.32. The molecule has 176 valence electrons. The molecular weight excluding hydrogens is 430 g/mol. The summed E-state index contributed by atoms with van der Waals surface area (Å²) in [6, 6.07) is 13.6. The Bertz CT molecular complexity index is 1260. The van der Waals surface area contributed by atoms with Crippen LogP contribution in [0.25, 0.3) is 11.4 Å². The number of benzene rings is 2. The largest absolute Gasteiger partial charge is 0.493 e. The van der Waals surface area contributed by atoms with E-state index < -0.39 is 0 Å². The van der Waals surface area contributed by atoms with Crippen LogP contribution in [0.5, 0.6) is 11.5 Å². The van der Waals surface area contributed by atoms with E-state index in [0.717, 1.165) is 40.9 Å². The monoisotopic (exact) mass is 459 g/mol. The molecule has 34 heavy (non-hydrogen) atoms. The molecule has 8 heteroatoms. The molecule has 0 saturated carbocycles. The number of hydrogen-bond acceptors (Lipinski definition) is 7. The highest BCUT2D eigenvalue weighted by molar-refractivity contribution is 5.99. The number of Topliss-reactive ketones (excluding diaryl/α,β-unsaturated/α-hetero) is 1. The van der Waals surface area contributed by atoms with Crippen LogP contribution < -0.4 is 19.7 Å². The van der Waals surface area contributed by atoms with Gasteiger partial charge in [-0.3, -0.25) is 4.79 Å². The molecule has 0 fully saturated rings. The second kappa shape index (κ2) is 8.85. The predicted molar refractivity (Wildman–Crippen MR) is 132 cm³/mol. The molecule has 2 heterocycles. The number of nitrogens with zero attached hydrogens (tertiary/aromatic N) is 4. The minimum absolute atomic E-state index is 0.143. The summed E-state index contributed by atoms with van der Waals surface area (Å²) >= 11 is 0. The maximum atomic E-state index is 13.1. The number of rotatable bonds is 6. The van der Waals surface area contributed by atoms with Crippen LogP contribution in [0.15, 0.2) is 53.7 Å². The number of allylic oxidation sites excluding steroid dienone is 2. The molecule has 0 saturated heterocycles.